The first kappa shape index (κ1) is 17.5. The number of benzene rings is 2. The lowest BCUT2D eigenvalue weighted by atomic mass is 10.1. The van der Waals surface area contributed by atoms with Crippen molar-refractivity contribution in [2.75, 3.05) is 11.9 Å². The fourth-order valence-electron chi connectivity index (χ4n) is 1.89. The van der Waals surface area contributed by atoms with Gasteiger partial charge in [0.25, 0.3) is 0 Å². The average Bonchev–Trinajstić information content (AvgIpc) is 2.53. The zero-order valence-corrected chi connectivity index (χ0v) is 12.2. The highest BCUT2D eigenvalue weighted by Gasteiger charge is 2.15. The Hall–Kier alpha value is -2.90. The molecule has 0 aliphatic heterocycles. The molecule has 0 bridgehead atoms. The third kappa shape index (κ3) is 4.55. The highest BCUT2D eigenvalue weighted by Crippen LogP contribution is 2.19. The van der Waals surface area contributed by atoms with Crippen LogP contribution in [0.5, 0.6) is 0 Å². The molecule has 0 saturated carbocycles. The zero-order valence-electron chi connectivity index (χ0n) is 12.2. The van der Waals surface area contributed by atoms with Gasteiger partial charge in [-0.2, -0.15) is 0 Å². The van der Waals surface area contributed by atoms with E-state index in [2.05, 4.69) is 5.32 Å². The Morgan fingerprint density at radius 2 is 1.67 bits per heavy atom. The van der Waals surface area contributed by atoms with Gasteiger partial charge in [-0.15, -0.1) is 0 Å². The number of amides is 2. The Bertz CT molecular complexity index is 781. The Kier molecular flexibility index (Phi) is 5.51. The highest BCUT2D eigenvalue weighted by molar-refractivity contribution is 5.94. The standard InChI is InChI=1S/C16H12F4N2O2/c17-10-3-1-2-9(6-10)7-13(23)21-8-14(24)22-12-5-4-11(18)15(19)16(12)20/h1-6H,7-8H2,(H,21,23)(H,22,24). The van der Waals surface area contributed by atoms with Gasteiger partial charge >= 0.3 is 0 Å². The van der Waals surface area contributed by atoms with Crippen LogP contribution < -0.4 is 10.6 Å². The average molecular weight is 340 g/mol. The van der Waals surface area contributed by atoms with Gasteiger partial charge in [0.2, 0.25) is 11.8 Å². The summed E-state index contributed by atoms with van der Waals surface area (Å²) in [6.07, 6.45) is -0.148. The van der Waals surface area contributed by atoms with Crippen LogP contribution >= 0.6 is 0 Å². The van der Waals surface area contributed by atoms with Crippen molar-refractivity contribution in [3.63, 3.8) is 0 Å². The topological polar surface area (TPSA) is 58.2 Å². The summed E-state index contributed by atoms with van der Waals surface area (Å²) in [5, 5.41) is 4.26. The van der Waals surface area contributed by atoms with Crippen molar-refractivity contribution in [2.24, 2.45) is 0 Å². The maximum atomic E-state index is 13.4. The summed E-state index contributed by atoms with van der Waals surface area (Å²) in [5.41, 5.74) is -0.127. The van der Waals surface area contributed by atoms with Crippen molar-refractivity contribution in [1.29, 1.82) is 0 Å². The van der Waals surface area contributed by atoms with E-state index in [1.54, 1.807) is 6.07 Å². The van der Waals surface area contributed by atoms with E-state index < -0.39 is 47.3 Å². The third-order valence-electron chi connectivity index (χ3n) is 3.01. The number of rotatable bonds is 5. The number of hydrogen-bond donors (Lipinski definition) is 2. The molecule has 2 aromatic carbocycles. The SMILES string of the molecule is O=C(Cc1cccc(F)c1)NCC(=O)Nc1ccc(F)c(F)c1F. The maximum Gasteiger partial charge on any atom is 0.243 e. The smallest absolute Gasteiger partial charge is 0.243 e. The highest BCUT2D eigenvalue weighted by atomic mass is 19.2. The maximum absolute atomic E-state index is 13.4. The van der Waals surface area contributed by atoms with Crippen LogP contribution in [0.4, 0.5) is 23.2 Å². The number of hydrogen-bond acceptors (Lipinski definition) is 2. The fourth-order valence-corrected chi connectivity index (χ4v) is 1.89. The number of nitrogens with one attached hydrogen (secondary N) is 2. The van der Waals surface area contributed by atoms with Crippen LogP contribution in [-0.2, 0) is 16.0 Å². The molecule has 8 heteroatoms. The van der Waals surface area contributed by atoms with Crippen molar-refractivity contribution in [3.05, 3.63) is 65.2 Å². The summed E-state index contributed by atoms with van der Waals surface area (Å²) < 4.78 is 52.2. The summed E-state index contributed by atoms with van der Waals surface area (Å²) in [6, 6.07) is 6.91. The quantitative estimate of drug-likeness (QED) is 0.649. The summed E-state index contributed by atoms with van der Waals surface area (Å²) in [7, 11) is 0. The summed E-state index contributed by atoms with van der Waals surface area (Å²) in [5.74, 6) is -6.49. The second kappa shape index (κ2) is 7.58. The van der Waals surface area contributed by atoms with Gasteiger partial charge in [0.1, 0.15) is 5.82 Å². The van der Waals surface area contributed by atoms with Crippen molar-refractivity contribution in [3.8, 4) is 0 Å². The van der Waals surface area contributed by atoms with Crippen LogP contribution in [0.2, 0.25) is 0 Å². The third-order valence-corrected chi connectivity index (χ3v) is 3.01. The van der Waals surface area contributed by atoms with Crippen LogP contribution in [0.25, 0.3) is 0 Å². The van der Waals surface area contributed by atoms with Crippen molar-refractivity contribution < 1.29 is 27.2 Å². The lowest BCUT2D eigenvalue weighted by Crippen LogP contribution is -2.34. The van der Waals surface area contributed by atoms with E-state index in [1.807, 2.05) is 5.32 Å². The molecule has 2 rings (SSSR count). The van der Waals surface area contributed by atoms with Gasteiger partial charge in [0.15, 0.2) is 17.5 Å². The van der Waals surface area contributed by atoms with Gasteiger partial charge < -0.3 is 10.6 Å². The monoisotopic (exact) mass is 340 g/mol. The first-order chi connectivity index (χ1) is 11.4. The molecule has 0 aliphatic carbocycles. The predicted molar refractivity (Wildman–Crippen MR) is 78.1 cm³/mol. The van der Waals surface area contributed by atoms with E-state index in [4.69, 9.17) is 0 Å². The van der Waals surface area contributed by atoms with Crippen molar-refractivity contribution >= 4 is 17.5 Å². The van der Waals surface area contributed by atoms with Gasteiger partial charge in [-0.3, -0.25) is 9.59 Å². The van der Waals surface area contributed by atoms with E-state index in [0.717, 1.165) is 6.07 Å². The van der Waals surface area contributed by atoms with Gasteiger partial charge in [-0.05, 0) is 29.8 Å². The van der Waals surface area contributed by atoms with Crippen LogP contribution in [0.1, 0.15) is 5.56 Å². The molecule has 4 nitrogen and oxygen atoms in total. The summed E-state index contributed by atoms with van der Waals surface area (Å²) in [4.78, 5) is 23.3. The molecule has 0 aromatic heterocycles. The normalized spacial score (nSPS) is 10.3. The Morgan fingerprint density at radius 3 is 2.38 bits per heavy atom. The molecule has 0 unspecified atom stereocenters. The van der Waals surface area contributed by atoms with Crippen LogP contribution in [0.15, 0.2) is 36.4 Å². The molecule has 0 aliphatic rings. The van der Waals surface area contributed by atoms with Crippen LogP contribution in [-0.4, -0.2) is 18.4 Å². The molecule has 0 saturated heterocycles. The number of carbonyl (C=O) groups is 2. The summed E-state index contributed by atoms with van der Waals surface area (Å²) >= 11 is 0. The Balaban J connectivity index is 1.87. The van der Waals surface area contributed by atoms with E-state index in [1.165, 1.54) is 18.2 Å². The first-order valence-electron chi connectivity index (χ1n) is 6.81. The van der Waals surface area contributed by atoms with E-state index in [0.29, 0.717) is 11.6 Å². The second-order valence-electron chi connectivity index (χ2n) is 4.85. The van der Waals surface area contributed by atoms with Crippen molar-refractivity contribution in [1.82, 2.24) is 5.32 Å². The number of halogens is 4. The van der Waals surface area contributed by atoms with Crippen LogP contribution in [0.3, 0.4) is 0 Å². The largest absolute Gasteiger partial charge is 0.347 e. The van der Waals surface area contributed by atoms with E-state index in [9.17, 15) is 27.2 Å². The number of carbonyl (C=O) groups excluding carboxylic acids is 2. The second-order valence-corrected chi connectivity index (χ2v) is 4.85. The van der Waals surface area contributed by atoms with Gasteiger partial charge in [-0.25, -0.2) is 17.6 Å². The fraction of sp³-hybridized carbons (Fsp3) is 0.125. The lowest BCUT2D eigenvalue weighted by Gasteiger charge is -2.08. The van der Waals surface area contributed by atoms with Gasteiger partial charge in [0.05, 0.1) is 18.7 Å². The molecule has 126 valence electrons. The first-order valence-corrected chi connectivity index (χ1v) is 6.81. The summed E-state index contributed by atoms with van der Waals surface area (Å²) in [6.45, 7) is -0.507. The molecule has 0 radical (unpaired) electrons. The molecule has 24 heavy (non-hydrogen) atoms. The molecule has 2 amide bonds. The van der Waals surface area contributed by atoms with Crippen molar-refractivity contribution in [2.45, 2.75) is 6.42 Å². The van der Waals surface area contributed by atoms with Crippen LogP contribution in [0, 0.1) is 23.3 Å². The number of anilines is 1. The Morgan fingerprint density at radius 1 is 0.917 bits per heavy atom. The zero-order chi connectivity index (χ0) is 17.7. The van der Waals surface area contributed by atoms with Gasteiger partial charge in [-0.1, -0.05) is 12.1 Å². The molecule has 0 fully saturated rings. The molecular formula is C16H12F4N2O2. The minimum atomic E-state index is -1.71. The Labute approximate surface area is 134 Å². The molecule has 0 heterocycles. The minimum absolute atomic E-state index is 0.148. The molecular weight excluding hydrogens is 328 g/mol. The predicted octanol–water partition coefficient (Wildman–Crippen LogP) is 2.54. The molecule has 2 aromatic rings. The minimum Gasteiger partial charge on any atom is -0.347 e. The molecule has 2 N–H and O–H groups in total. The van der Waals surface area contributed by atoms with E-state index in [-0.39, 0.29) is 6.42 Å². The van der Waals surface area contributed by atoms with Gasteiger partial charge in [0, 0.05) is 0 Å². The lowest BCUT2D eigenvalue weighted by molar-refractivity contribution is -0.123. The van der Waals surface area contributed by atoms with E-state index >= 15 is 0 Å². The molecule has 0 atom stereocenters. The molecule has 0 spiro atoms.